The second kappa shape index (κ2) is 8.45. The summed E-state index contributed by atoms with van der Waals surface area (Å²) in [7, 11) is 1.21. The monoisotopic (exact) mass is 318 g/mol. The molecule has 0 unspecified atom stereocenters. The van der Waals surface area contributed by atoms with Crippen LogP contribution in [0.15, 0.2) is 30.5 Å². The molecule has 1 aromatic carbocycles. The highest BCUT2D eigenvalue weighted by molar-refractivity contribution is 6.42. The molecule has 6 nitrogen and oxygen atoms in total. The van der Waals surface area contributed by atoms with Crippen LogP contribution in [0.5, 0.6) is 0 Å². The molecule has 6 heteroatoms. The third kappa shape index (κ3) is 4.18. The summed E-state index contributed by atoms with van der Waals surface area (Å²) in [6.07, 6.45) is 1.70. The van der Waals surface area contributed by atoms with Crippen LogP contribution in [0.3, 0.4) is 0 Å². The van der Waals surface area contributed by atoms with Gasteiger partial charge in [-0.2, -0.15) is 0 Å². The van der Waals surface area contributed by atoms with Crippen molar-refractivity contribution < 1.29 is 19.1 Å². The highest BCUT2D eigenvalue weighted by atomic mass is 16.5. The van der Waals surface area contributed by atoms with E-state index in [0.717, 1.165) is 43.8 Å². The number of Topliss-reactive ketones (excluding diaryl/α,β-unsaturated/α-hetero) is 1. The quantitative estimate of drug-likeness (QED) is 0.529. The van der Waals surface area contributed by atoms with Gasteiger partial charge in [0, 0.05) is 36.7 Å². The van der Waals surface area contributed by atoms with E-state index in [1.165, 1.54) is 7.11 Å². The Morgan fingerprint density at radius 1 is 1.26 bits per heavy atom. The molecular weight excluding hydrogens is 296 g/mol. The molecule has 2 aromatic rings. The number of nitrogens with one attached hydrogen (secondary N) is 1. The summed E-state index contributed by atoms with van der Waals surface area (Å²) < 4.78 is 11.4. The predicted molar refractivity (Wildman–Crippen MR) is 87.6 cm³/mol. The second-order valence-electron chi connectivity index (χ2n) is 5.03. The lowest BCUT2D eigenvalue weighted by Crippen LogP contribution is -2.30. The first-order valence-electron chi connectivity index (χ1n) is 7.68. The fourth-order valence-electron chi connectivity index (χ4n) is 2.41. The molecular formula is C17H22N2O4. The number of benzene rings is 1. The molecule has 0 saturated carbocycles. The number of esters is 1. The van der Waals surface area contributed by atoms with Gasteiger partial charge in [-0.15, -0.1) is 0 Å². The van der Waals surface area contributed by atoms with Gasteiger partial charge >= 0.3 is 5.97 Å². The molecule has 0 radical (unpaired) electrons. The number of aryl methyl sites for hydroxylation is 1. The van der Waals surface area contributed by atoms with Gasteiger partial charge in [0.05, 0.1) is 25.9 Å². The summed E-state index contributed by atoms with van der Waals surface area (Å²) >= 11 is 0. The average molecular weight is 318 g/mol. The van der Waals surface area contributed by atoms with Gasteiger partial charge in [0.25, 0.3) is 5.78 Å². The fourth-order valence-corrected chi connectivity index (χ4v) is 2.41. The standard InChI is InChI=1S/C13H13NO3.C4H9NO/c1-3-14-8-10(12(15)13(16)17-2)9-6-4-5-7-11(9)14;1-3-6-4-2-5-1/h4-8H,3H2,1-2H3;5H,1-4H2. The van der Waals surface area contributed by atoms with E-state index in [1.54, 1.807) is 6.20 Å². The first-order valence-corrected chi connectivity index (χ1v) is 7.68. The Bertz CT molecular complexity index is 663. The first-order chi connectivity index (χ1) is 11.2. The van der Waals surface area contributed by atoms with Gasteiger partial charge in [-0.1, -0.05) is 18.2 Å². The van der Waals surface area contributed by atoms with Crippen molar-refractivity contribution in [1.29, 1.82) is 0 Å². The topological polar surface area (TPSA) is 69.6 Å². The van der Waals surface area contributed by atoms with Gasteiger partial charge in [0.1, 0.15) is 0 Å². The number of para-hydroxylation sites is 1. The zero-order valence-electron chi connectivity index (χ0n) is 13.5. The average Bonchev–Trinajstić information content (AvgIpc) is 3.01. The molecule has 1 fully saturated rings. The van der Waals surface area contributed by atoms with Crippen LogP contribution in [0.25, 0.3) is 10.9 Å². The van der Waals surface area contributed by atoms with E-state index in [0.29, 0.717) is 5.56 Å². The Morgan fingerprint density at radius 3 is 2.48 bits per heavy atom. The molecule has 1 saturated heterocycles. The highest BCUT2D eigenvalue weighted by Crippen LogP contribution is 2.21. The maximum absolute atomic E-state index is 11.8. The summed E-state index contributed by atoms with van der Waals surface area (Å²) in [6, 6.07) is 7.50. The Labute approximate surface area is 135 Å². The first kappa shape index (κ1) is 17.2. The molecule has 0 amide bonds. The van der Waals surface area contributed by atoms with Gasteiger partial charge < -0.3 is 19.4 Å². The summed E-state index contributed by atoms with van der Waals surface area (Å²) in [6.45, 7) is 6.56. The minimum Gasteiger partial charge on any atom is -0.463 e. The van der Waals surface area contributed by atoms with Crippen LogP contribution >= 0.6 is 0 Å². The number of hydrogen-bond donors (Lipinski definition) is 1. The Kier molecular flexibility index (Phi) is 6.31. The van der Waals surface area contributed by atoms with E-state index in [1.807, 2.05) is 35.8 Å². The van der Waals surface area contributed by atoms with Crippen molar-refractivity contribution in [3.8, 4) is 0 Å². The third-order valence-electron chi connectivity index (χ3n) is 3.59. The molecule has 0 atom stereocenters. The number of morpholine rings is 1. The number of ether oxygens (including phenoxy) is 2. The van der Waals surface area contributed by atoms with Gasteiger partial charge in [-0.3, -0.25) is 4.79 Å². The zero-order chi connectivity index (χ0) is 16.7. The minimum atomic E-state index is -0.830. The van der Waals surface area contributed by atoms with E-state index < -0.39 is 11.8 Å². The highest BCUT2D eigenvalue weighted by Gasteiger charge is 2.21. The molecule has 23 heavy (non-hydrogen) atoms. The summed E-state index contributed by atoms with van der Waals surface area (Å²) in [5.74, 6) is -1.43. The number of rotatable bonds is 3. The summed E-state index contributed by atoms with van der Waals surface area (Å²) in [5.41, 5.74) is 1.34. The fraction of sp³-hybridized carbons (Fsp3) is 0.412. The van der Waals surface area contributed by atoms with Gasteiger partial charge in [-0.05, 0) is 13.0 Å². The molecule has 1 N–H and O–H groups in total. The normalized spacial score (nSPS) is 14.0. The molecule has 124 valence electrons. The lowest BCUT2D eigenvalue weighted by Gasteiger charge is -2.10. The number of fused-ring (bicyclic) bond motifs is 1. The van der Waals surface area contributed by atoms with Gasteiger partial charge in [0.2, 0.25) is 0 Å². The molecule has 1 aromatic heterocycles. The lowest BCUT2D eigenvalue weighted by atomic mass is 10.1. The number of ketones is 1. The van der Waals surface area contributed by atoms with Crippen LogP contribution in [0.4, 0.5) is 0 Å². The van der Waals surface area contributed by atoms with Crippen LogP contribution in [0, 0.1) is 0 Å². The van der Waals surface area contributed by atoms with E-state index >= 15 is 0 Å². The van der Waals surface area contributed by atoms with Gasteiger partial charge in [-0.25, -0.2) is 4.79 Å². The van der Waals surface area contributed by atoms with Crippen molar-refractivity contribution in [3.63, 3.8) is 0 Å². The van der Waals surface area contributed by atoms with Crippen LogP contribution in [-0.2, 0) is 20.8 Å². The van der Waals surface area contributed by atoms with Crippen molar-refractivity contribution in [3.05, 3.63) is 36.0 Å². The Hall–Kier alpha value is -2.18. The van der Waals surface area contributed by atoms with E-state index in [4.69, 9.17) is 4.74 Å². The van der Waals surface area contributed by atoms with Crippen molar-refractivity contribution in [2.45, 2.75) is 13.5 Å². The molecule has 0 spiro atoms. The van der Waals surface area contributed by atoms with Crippen molar-refractivity contribution in [1.82, 2.24) is 9.88 Å². The largest absolute Gasteiger partial charge is 0.463 e. The molecule has 2 heterocycles. The molecule has 3 rings (SSSR count). The maximum Gasteiger partial charge on any atom is 0.379 e. The van der Waals surface area contributed by atoms with Crippen LogP contribution in [0.1, 0.15) is 17.3 Å². The molecule has 0 aliphatic carbocycles. The number of hydrogen-bond acceptors (Lipinski definition) is 5. The zero-order valence-corrected chi connectivity index (χ0v) is 13.5. The van der Waals surface area contributed by atoms with E-state index in [9.17, 15) is 9.59 Å². The predicted octanol–water partition coefficient (Wildman–Crippen LogP) is 1.62. The number of nitrogens with zero attached hydrogens (tertiary/aromatic N) is 1. The van der Waals surface area contributed by atoms with Crippen molar-refractivity contribution >= 4 is 22.7 Å². The van der Waals surface area contributed by atoms with Crippen LogP contribution < -0.4 is 5.32 Å². The SMILES string of the molecule is C1COCCN1.CCn1cc(C(=O)C(=O)OC)c2ccccc21. The van der Waals surface area contributed by atoms with Crippen LogP contribution in [-0.4, -0.2) is 49.7 Å². The lowest BCUT2D eigenvalue weighted by molar-refractivity contribution is -0.135. The summed E-state index contributed by atoms with van der Waals surface area (Å²) in [4.78, 5) is 23.1. The molecule has 1 aliphatic rings. The number of methoxy groups -OCH3 is 1. The van der Waals surface area contributed by atoms with Crippen molar-refractivity contribution in [2.75, 3.05) is 33.4 Å². The third-order valence-corrected chi connectivity index (χ3v) is 3.59. The Balaban J connectivity index is 0.000000268. The summed E-state index contributed by atoms with van der Waals surface area (Å²) in [5, 5.41) is 3.94. The molecule has 0 bridgehead atoms. The van der Waals surface area contributed by atoms with E-state index in [2.05, 4.69) is 10.1 Å². The minimum absolute atomic E-state index is 0.398. The van der Waals surface area contributed by atoms with Crippen LogP contribution in [0.2, 0.25) is 0 Å². The number of carbonyl (C=O) groups is 2. The number of carbonyl (C=O) groups excluding carboxylic acids is 2. The van der Waals surface area contributed by atoms with Crippen molar-refractivity contribution in [2.24, 2.45) is 0 Å². The van der Waals surface area contributed by atoms with Gasteiger partial charge in [0.15, 0.2) is 0 Å². The maximum atomic E-state index is 11.8. The number of aromatic nitrogens is 1. The second-order valence-corrected chi connectivity index (χ2v) is 5.03. The van der Waals surface area contributed by atoms with E-state index in [-0.39, 0.29) is 0 Å². The smallest absolute Gasteiger partial charge is 0.379 e. The molecule has 1 aliphatic heterocycles. The Morgan fingerprint density at radius 2 is 1.96 bits per heavy atom.